The average Bonchev–Trinajstić information content (AvgIpc) is 3.20. The van der Waals surface area contributed by atoms with Gasteiger partial charge in [-0.25, -0.2) is 0 Å². The van der Waals surface area contributed by atoms with E-state index < -0.39 is 0 Å². The molecule has 25 heavy (non-hydrogen) atoms. The van der Waals surface area contributed by atoms with E-state index in [4.69, 9.17) is 0 Å². The lowest BCUT2D eigenvalue weighted by Gasteiger charge is -2.04. The van der Waals surface area contributed by atoms with Crippen LogP contribution in [0.5, 0.6) is 0 Å². The lowest BCUT2D eigenvalue weighted by atomic mass is 9.99. The van der Waals surface area contributed by atoms with E-state index in [2.05, 4.69) is 78.2 Å². The minimum Gasteiger partial charge on any atom is -0.187 e. The monoisotopic (exact) mass is 338 g/mol. The number of aryl methyl sites for hydroxylation is 1. The summed E-state index contributed by atoms with van der Waals surface area (Å²) in [4.78, 5) is 0. The molecule has 0 saturated carbocycles. The summed E-state index contributed by atoms with van der Waals surface area (Å²) >= 11 is 1.90. The molecule has 3 aromatic carbocycles. The van der Waals surface area contributed by atoms with Gasteiger partial charge in [-0.2, -0.15) is 4.57 Å². The van der Waals surface area contributed by atoms with Crippen LogP contribution in [0.25, 0.3) is 42.3 Å². The normalized spacial score (nSPS) is 12.8. The Bertz CT molecular complexity index is 1330. The van der Waals surface area contributed by atoms with Gasteiger partial charge in [-0.15, -0.1) is 11.3 Å². The Labute approximate surface area is 149 Å². The van der Waals surface area contributed by atoms with Crippen LogP contribution in [0.1, 0.15) is 11.1 Å². The zero-order valence-corrected chi connectivity index (χ0v) is 14.7. The van der Waals surface area contributed by atoms with E-state index in [9.17, 15) is 0 Å². The van der Waals surface area contributed by atoms with Crippen LogP contribution in [0.4, 0.5) is 0 Å². The van der Waals surface area contributed by atoms with Crippen LogP contribution in [-0.2, 0) is 6.54 Å². The molecule has 0 radical (unpaired) electrons. The fourth-order valence-electron chi connectivity index (χ4n) is 4.36. The summed E-state index contributed by atoms with van der Waals surface area (Å²) in [6.45, 7) is 3.19. The van der Waals surface area contributed by atoms with E-state index in [1.165, 1.54) is 53.5 Å². The molecule has 3 heterocycles. The number of aromatic nitrogens is 1. The van der Waals surface area contributed by atoms with Gasteiger partial charge < -0.3 is 0 Å². The molecule has 0 unspecified atom stereocenters. The average molecular weight is 338 g/mol. The number of hydrogen-bond donors (Lipinski definition) is 0. The third kappa shape index (κ3) is 1.70. The Morgan fingerprint density at radius 2 is 1.64 bits per heavy atom. The molecule has 0 N–H and O–H groups in total. The van der Waals surface area contributed by atoms with Gasteiger partial charge in [-0.1, -0.05) is 36.4 Å². The lowest BCUT2D eigenvalue weighted by Crippen LogP contribution is -2.33. The first-order valence-electron chi connectivity index (χ1n) is 8.67. The maximum atomic E-state index is 2.48. The predicted octanol–water partition coefficient (Wildman–Crippen LogP) is 5.83. The molecule has 2 aromatic heterocycles. The molecule has 1 aliphatic rings. The second-order valence-electron chi connectivity index (χ2n) is 6.89. The largest absolute Gasteiger partial charge is 0.214 e. The summed E-state index contributed by atoms with van der Waals surface area (Å²) in [6.07, 6.45) is 0. The number of nitrogens with zero attached hydrogens (tertiary/aromatic N) is 1. The number of rotatable bonds is 0. The summed E-state index contributed by atoms with van der Waals surface area (Å²) in [5, 5.41) is 4.17. The van der Waals surface area contributed by atoms with Crippen molar-refractivity contribution in [1.82, 2.24) is 0 Å². The third-order valence-electron chi connectivity index (χ3n) is 5.48. The van der Waals surface area contributed by atoms with E-state index in [0.717, 1.165) is 6.54 Å². The molecule has 0 amide bonds. The van der Waals surface area contributed by atoms with E-state index >= 15 is 0 Å². The first kappa shape index (κ1) is 13.6. The van der Waals surface area contributed by atoms with E-state index in [1.807, 2.05) is 11.3 Å². The molecule has 6 rings (SSSR count). The third-order valence-corrected chi connectivity index (χ3v) is 6.61. The van der Waals surface area contributed by atoms with Crippen LogP contribution >= 0.6 is 11.3 Å². The van der Waals surface area contributed by atoms with Gasteiger partial charge >= 0.3 is 0 Å². The molecular weight excluding hydrogens is 322 g/mol. The van der Waals surface area contributed by atoms with Gasteiger partial charge in [0.05, 0.1) is 5.56 Å². The molecular formula is C23H16NS+. The molecule has 5 aromatic rings. The lowest BCUT2D eigenvalue weighted by molar-refractivity contribution is -0.645. The van der Waals surface area contributed by atoms with Gasteiger partial charge in [0.2, 0.25) is 11.2 Å². The van der Waals surface area contributed by atoms with Gasteiger partial charge in [0.15, 0.2) is 6.54 Å². The number of thiophene rings is 1. The number of para-hydroxylation sites is 1. The summed E-state index contributed by atoms with van der Waals surface area (Å²) in [7, 11) is 0. The van der Waals surface area contributed by atoms with Gasteiger partial charge in [0, 0.05) is 43.3 Å². The van der Waals surface area contributed by atoms with Crippen molar-refractivity contribution in [2.45, 2.75) is 13.5 Å². The Hall–Kier alpha value is -2.71. The molecule has 1 nitrogen and oxygen atoms in total. The van der Waals surface area contributed by atoms with Crippen LogP contribution in [0, 0.1) is 6.92 Å². The zero-order valence-electron chi connectivity index (χ0n) is 13.9. The maximum Gasteiger partial charge on any atom is 0.214 e. The first-order chi connectivity index (χ1) is 12.3. The van der Waals surface area contributed by atoms with E-state index in [0.29, 0.717) is 0 Å². The van der Waals surface area contributed by atoms with Crippen molar-refractivity contribution in [2.75, 3.05) is 0 Å². The number of benzene rings is 3. The molecule has 0 spiro atoms. The van der Waals surface area contributed by atoms with Crippen LogP contribution in [0.3, 0.4) is 0 Å². The molecule has 0 saturated heterocycles. The fraction of sp³-hybridized carbons (Fsp3) is 0.0870. The molecule has 118 valence electrons. The molecule has 0 bridgehead atoms. The minimum absolute atomic E-state index is 0.964. The molecule has 1 aliphatic heterocycles. The van der Waals surface area contributed by atoms with Crippen LogP contribution in [0.15, 0.2) is 66.7 Å². The first-order valence-corrected chi connectivity index (χ1v) is 9.48. The highest BCUT2D eigenvalue weighted by Crippen LogP contribution is 2.43. The predicted molar refractivity (Wildman–Crippen MR) is 106 cm³/mol. The Morgan fingerprint density at radius 1 is 0.840 bits per heavy atom. The van der Waals surface area contributed by atoms with Crippen molar-refractivity contribution >= 4 is 42.4 Å². The quantitative estimate of drug-likeness (QED) is 0.307. The highest BCUT2D eigenvalue weighted by atomic mass is 32.1. The summed E-state index contributed by atoms with van der Waals surface area (Å²) in [6, 6.07) is 24.6. The van der Waals surface area contributed by atoms with E-state index in [-0.39, 0.29) is 0 Å². The van der Waals surface area contributed by atoms with Crippen molar-refractivity contribution in [3.63, 3.8) is 0 Å². The maximum absolute atomic E-state index is 2.48. The number of hydrogen-bond acceptors (Lipinski definition) is 1. The summed E-state index contributed by atoms with van der Waals surface area (Å²) < 4.78 is 5.25. The zero-order chi connectivity index (χ0) is 16.5. The smallest absolute Gasteiger partial charge is 0.187 e. The van der Waals surface area contributed by atoms with Gasteiger partial charge in [-0.3, -0.25) is 0 Å². The number of pyridine rings is 1. The Morgan fingerprint density at radius 3 is 2.56 bits per heavy atom. The topological polar surface area (TPSA) is 3.88 Å². The second kappa shape index (κ2) is 4.68. The van der Waals surface area contributed by atoms with Crippen molar-refractivity contribution < 1.29 is 4.57 Å². The number of fused-ring (bicyclic) bond motifs is 9. The van der Waals surface area contributed by atoms with Crippen molar-refractivity contribution in [2.24, 2.45) is 0 Å². The molecule has 0 fully saturated rings. The summed E-state index contributed by atoms with van der Waals surface area (Å²) in [5.41, 5.74) is 6.92. The van der Waals surface area contributed by atoms with Crippen molar-refractivity contribution in [3.8, 4) is 11.3 Å². The fourth-order valence-corrected chi connectivity index (χ4v) is 5.48. The minimum atomic E-state index is 0.964. The van der Waals surface area contributed by atoms with Gasteiger partial charge in [-0.05, 0) is 30.7 Å². The van der Waals surface area contributed by atoms with E-state index in [1.54, 1.807) is 0 Å². The van der Waals surface area contributed by atoms with Crippen LogP contribution < -0.4 is 4.57 Å². The Balaban J connectivity index is 1.82. The Kier molecular flexibility index (Phi) is 2.54. The van der Waals surface area contributed by atoms with Crippen molar-refractivity contribution in [1.29, 1.82) is 0 Å². The summed E-state index contributed by atoms with van der Waals surface area (Å²) in [5.74, 6) is 0. The highest BCUT2D eigenvalue weighted by Gasteiger charge is 2.31. The second-order valence-corrected chi connectivity index (χ2v) is 7.97. The highest BCUT2D eigenvalue weighted by molar-refractivity contribution is 7.25. The molecule has 0 atom stereocenters. The SMILES string of the molecule is Cc1cc2[n+](c3ccccc13)Cc1ccc3sc4ccccc4c3c1-2. The van der Waals surface area contributed by atoms with Gasteiger partial charge in [0.25, 0.3) is 0 Å². The van der Waals surface area contributed by atoms with Gasteiger partial charge in [0.1, 0.15) is 0 Å². The van der Waals surface area contributed by atoms with Crippen LogP contribution in [-0.4, -0.2) is 0 Å². The standard InChI is InChI=1S/C23H16NS/c1-14-12-19-22-15(13-24(19)18-8-4-2-6-16(14)18)10-11-21-23(22)17-7-3-5-9-20(17)25-21/h2-12H,13H2,1H3/q+1. The molecule has 0 aliphatic carbocycles. The molecule has 2 heteroatoms. The van der Waals surface area contributed by atoms with Crippen LogP contribution in [0.2, 0.25) is 0 Å². The van der Waals surface area contributed by atoms with Crippen molar-refractivity contribution in [3.05, 3.63) is 77.9 Å².